The molecule has 0 spiro atoms. The topological polar surface area (TPSA) is 91.7 Å². The second-order valence-electron chi connectivity index (χ2n) is 6.32. The summed E-state index contributed by atoms with van der Waals surface area (Å²) in [4.78, 5) is 26.0. The van der Waals surface area contributed by atoms with E-state index in [9.17, 15) is 14.9 Å². The Hall–Kier alpha value is -3.79. The zero-order valence-corrected chi connectivity index (χ0v) is 16.6. The molecule has 2 aromatic carbocycles. The summed E-state index contributed by atoms with van der Waals surface area (Å²) in [5.41, 5.74) is 2.30. The maximum absolute atomic E-state index is 12.1. The first-order valence-electron chi connectivity index (χ1n) is 8.89. The lowest BCUT2D eigenvalue weighted by Gasteiger charge is -2.12. The van der Waals surface area contributed by atoms with Gasteiger partial charge in [-0.3, -0.25) is 4.79 Å². The monoisotopic (exact) mass is 393 g/mol. The Kier molecular flexibility index (Phi) is 7.80. The predicted molar refractivity (Wildman–Crippen MR) is 110 cm³/mol. The lowest BCUT2D eigenvalue weighted by atomic mass is 10.1. The van der Waals surface area contributed by atoms with Gasteiger partial charge in [0.1, 0.15) is 17.4 Å². The fourth-order valence-electron chi connectivity index (χ4n) is 2.47. The molecule has 0 aliphatic rings. The molecule has 7 heteroatoms. The van der Waals surface area contributed by atoms with E-state index in [4.69, 9.17) is 9.47 Å². The van der Waals surface area contributed by atoms with Crippen LogP contribution >= 0.6 is 0 Å². The zero-order chi connectivity index (χ0) is 21.2. The van der Waals surface area contributed by atoms with Gasteiger partial charge >= 0.3 is 5.97 Å². The summed E-state index contributed by atoms with van der Waals surface area (Å²) in [6.45, 7) is -0.244. The lowest BCUT2D eigenvalue weighted by Crippen LogP contribution is -2.28. The van der Waals surface area contributed by atoms with Gasteiger partial charge in [-0.1, -0.05) is 30.3 Å². The molecule has 2 aromatic rings. The van der Waals surface area contributed by atoms with Crippen LogP contribution in [0.3, 0.4) is 0 Å². The molecule has 29 heavy (non-hydrogen) atoms. The summed E-state index contributed by atoms with van der Waals surface area (Å²) < 4.78 is 10.2. The molecule has 1 amide bonds. The van der Waals surface area contributed by atoms with Gasteiger partial charge in [0.15, 0.2) is 6.61 Å². The average molecular weight is 393 g/mol. The van der Waals surface area contributed by atoms with Gasteiger partial charge in [-0.15, -0.1) is 0 Å². The summed E-state index contributed by atoms with van der Waals surface area (Å²) in [6.07, 6.45) is 1.43. The smallest absolute Gasteiger partial charge is 0.349 e. The molecule has 0 atom stereocenters. The number of nitrogens with one attached hydrogen (secondary N) is 1. The Labute approximate surface area is 170 Å². The summed E-state index contributed by atoms with van der Waals surface area (Å²) in [7, 11) is 5.38. The number of ether oxygens (including phenoxy) is 2. The van der Waals surface area contributed by atoms with Crippen LogP contribution in [0.2, 0.25) is 0 Å². The summed E-state index contributed by atoms with van der Waals surface area (Å²) in [5, 5.41) is 11.9. The lowest BCUT2D eigenvalue weighted by molar-refractivity contribution is -0.144. The number of rotatable bonds is 8. The maximum atomic E-state index is 12.1. The highest BCUT2D eigenvalue weighted by molar-refractivity contribution is 5.98. The molecule has 0 radical (unpaired) electrons. The molecule has 2 rings (SSSR count). The molecule has 150 valence electrons. The van der Waals surface area contributed by atoms with Crippen LogP contribution in [0.5, 0.6) is 5.75 Å². The first-order valence-corrected chi connectivity index (χ1v) is 8.89. The van der Waals surface area contributed by atoms with E-state index >= 15 is 0 Å². The van der Waals surface area contributed by atoms with Crippen LogP contribution in [0.4, 0.5) is 5.69 Å². The van der Waals surface area contributed by atoms with Crippen LogP contribution in [0.25, 0.3) is 6.08 Å². The number of hydrogen-bond acceptors (Lipinski definition) is 6. The molecule has 0 saturated heterocycles. The third kappa shape index (κ3) is 6.40. The minimum absolute atomic E-state index is 0.180. The second-order valence-corrected chi connectivity index (χ2v) is 6.32. The summed E-state index contributed by atoms with van der Waals surface area (Å²) in [5.74, 6) is -0.673. The summed E-state index contributed by atoms with van der Waals surface area (Å²) in [6, 6.07) is 16.4. The van der Waals surface area contributed by atoms with E-state index < -0.39 is 18.5 Å². The fraction of sp³-hybridized carbons (Fsp3) is 0.227. The van der Waals surface area contributed by atoms with Crippen molar-refractivity contribution in [1.82, 2.24) is 5.32 Å². The normalized spacial score (nSPS) is 10.6. The highest BCUT2D eigenvalue weighted by Gasteiger charge is 2.13. The van der Waals surface area contributed by atoms with Gasteiger partial charge in [0, 0.05) is 31.9 Å². The number of nitrogens with zero attached hydrogens (tertiary/aromatic N) is 2. The molecule has 0 aliphatic heterocycles. The third-order valence-electron chi connectivity index (χ3n) is 4.06. The van der Waals surface area contributed by atoms with Gasteiger partial charge in [0.05, 0.1) is 7.11 Å². The van der Waals surface area contributed by atoms with Crippen LogP contribution in [0.15, 0.2) is 54.1 Å². The Balaban J connectivity index is 1.90. The molecule has 7 nitrogen and oxygen atoms in total. The van der Waals surface area contributed by atoms with Crippen LogP contribution in [0, 0.1) is 11.3 Å². The number of carbonyl (C=O) groups excluding carboxylic acids is 2. The van der Waals surface area contributed by atoms with Crippen molar-refractivity contribution in [1.29, 1.82) is 5.26 Å². The van der Waals surface area contributed by atoms with Crippen LogP contribution in [0.1, 0.15) is 11.1 Å². The van der Waals surface area contributed by atoms with E-state index in [0.717, 1.165) is 11.3 Å². The van der Waals surface area contributed by atoms with Crippen molar-refractivity contribution in [2.75, 3.05) is 32.7 Å². The molecule has 0 heterocycles. The number of methoxy groups -OCH3 is 1. The van der Waals surface area contributed by atoms with E-state index in [1.165, 1.54) is 6.08 Å². The molecule has 0 saturated carbocycles. The largest absolute Gasteiger partial charge is 0.496 e. The third-order valence-corrected chi connectivity index (χ3v) is 4.06. The second kappa shape index (κ2) is 10.5. The number of hydrogen-bond donors (Lipinski definition) is 1. The van der Waals surface area contributed by atoms with E-state index in [1.807, 2.05) is 55.4 Å². The van der Waals surface area contributed by atoms with Crippen molar-refractivity contribution in [3.05, 3.63) is 65.2 Å². The zero-order valence-electron chi connectivity index (χ0n) is 16.6. The van der Waals surface area contributed by atoms with Gasteiger partial charge in [-0.2, -0.15) is 5.26 Å². The van der Waals surface area contributed by atoms with E-state index in [0.29, 0.717) is 11.3 Å². The average Bonchev–Trinajstić information content (AvgIpc) is 2.74. The minimum Gasteiger partial charge on any atom is -0.496 e. The van der Waals surface area contributed by atoms with Gasteiger partial charge < -0.3 is 19.7 Å². The highest BCUT2D eigenvalue weighted by atomic mass is 16.5. The molecular weight excluding hydrogens is 370 g/mol. The van der Waals surface area contributed by atoms with Crippen LogP contribution in [-0.2, 0) is 20.9 Å². The molecule has 0 unspecified atom stereocenters. The van der Waals surface area contributed by atoms with Gasteiger partial charge in [-0.05, 0) is 29.8 Å². The number of para-hydroxylation sites is 1. The number of amides is 1. The van der Waals surface area contributed by atoms with Gasteiger partial charge in [-0.25, -0.2) is 4.79 Å². The quantitative estimate of drug-likeness (QED) is 0.421. The van der Waals surface area contributed by atoms with Crippen LogP contribution < -0.4 is 15.0 Å². The van der Waals surface area contributed by atoms with Crippen molar-refractivity contribution in [3.63, 3.8) is 0 Å². The molecule has 0 aromatic heterocycles. The standard InChI is InChI=1S/C22H23N3O4/c1-25(2)19-10-8-16(9-11-19)12-18(13-23)22(27)29-15-21(26)24-14-17-6-4-5-7-20(17)28-3/h4-12H,14-15H2,1-3H3,(H,24,26)/b18-12+. The number of esters is 1. The number of anilines is 1. The Bertz CT molecular complexity index is 928. The van der Waals surface area contributed by atoms with E-state index in [2.05, 4.69) is 5.32 Å². The Morgan fingerprint density at radius 3 is 2.45 bits per heavy atom. The van der Waals surface area contributed by atoms with Crippen LogP contribution in [-0.4, -0.2) is 39.7 Å². The number of carbonyl (C=O) groups is 2. The molecule has 0 fully saturated rings. The molecular formula is C22H23N3O4. The first-order chi connectivity index (χ1) is 13.9. The first kappa shape index (κ1) is 21.5. The Morgan fingerprint density at radius 1 is 1.14 bits per heavy atom. The number of benzene rings is 2. The Morgan fingerprint density at radius 2 is 1.83 bits per heavy atom. The van der Waals surface area contributed by atoms with Gasteiger partial charge in [0.25, 0.3) is 5.91 Å². The minimum atomic E-state index is -0.850. The maximum Gasteiger partial charge on any atom is 0.349 e. The predicted octanol–water partition coefficient (Wildman–Crippen LogP) is 2.53. The highest BCUT2D eigenvalue weighted by Crippen LogP contribution is 2.17. The fourth-order valence-corrected chi connectivity index (χ4v) is 2.47. The SMILES string of the molecule is COc1ccccc1CNC(=O)COC(=O)/C(C#N)=C/c1ccc(N(C)C)cc1. The van der Waals surface area contributed by atoms with Crippen molar-refractivity contribution >= 4 is 23.6 Å². The molecule has 1 N–H and O–H groups in total. The van der Waals surface area contributed by atoms with Crippen molar-refractivity contribution in [2.24, 2.45) is 0 Å². The summed E-state index contributed by atoms with van der Waals surface area (Å²) >= 11 is 0. The van der Waals surface area contributed by atoms with Crippen molar-refractivity contribution in [3.8, 4) is 11.8 Å². The molecule has 0 bridgehead atoms. The van der Waals surface area contributed by atoms with Crippen molar-refractivity contribution in [2.45, 2.75) is 6.54 Å². The van der Waals surface area contributed by atoms with E-state index in [1.54, 1.807) is 25.3 Å². The molecule has 0 aliphatic carbocycles. The van der Waals surface area contributed by atoms with Gasteiger partial charge in [0.2, 0.25) is 0 Å². The van der Waals surface area contributed by atoms with E-state index in [-0.39, 0.29) is 12.1 Å². The number of nitriles is 1. The van der Waals surface area contributed by atoms with Crippen molar-refractivity contribution < 1.29 is 19.1 Å².